The van der Waals surface area contributed by atoms with Gasteiger partial charge in [0, 0.05) is 12.1 Å². The molecule has 216 valence electrons. The standard InChI is InChI=1S/C32H25N3O7S/c1-4-16-34-22-10-7-6-9-21(22)25(28(34)36)27-29(37)35-26(24(31(39)40-5-2)18(3)33-32(35)43-27)19-12-14-20(15-13-19)42-30(38)23-11-8-17-41-23/h4,6-15,17,26H,1,5,16H2,2-3H3/b27-25-/t26-/m0/s1. The summed E-state index contributed by atoms with van der Waals surface area (Å²) in [4.78, 5) is 60.0. The predicted octanol–water partition coefficient (Wildman–Crippen LogP) is 3.51. The summed E-state index contributed by atoms with van der Waals surface area (Å²) in [6.45, 7) is 7.55. The number of nitrogens with zero attached hydrogens (tertiary/aromatic N) is 3. The van der Waals surface area contributed by atoms with Gasteiger partial charge in [0.2, 0.25) is 5.76 Å². The van der Waals surface area contributed by atoms with Gasteiger partial charge >= 0.3 is 11.9 Å². The van der Waals surface area contributed by atoms with Crippen molar-refractivity contribution < 1.29 is 28.3 Å². The average molecular weight is 596 g/mol. The Morgan fingerprint density at radius 3 is 2.53 bits per heavy atom. The molecule has 0 unspecified atom stereocenters. The van der Waals surface area contributed by atoms with E-state index >= 15 is 0 Å². The van der Waals surface area contributed by atoms with E-state index in [0.717, 1.165) is 11.3 Å². The normalized spacial score (nSPS) is 16.8. The lowest BCUT2D eigenvalue weighted by atomic mass is 9.96. The van der Waals surface area contributed by atoms with Crippen molar-refractivity contribution in [3.05, 3.63) is 127 Å². The van der Waals surface area contributed by atoms with E-state index in [-0.39, 0.29) is 46.2 Å². The zero-order valence-corrected chi connectivity index (χ0v) is 24.1. The second kappa shape index (κ2) is 11.2. The molecular weight excluding hydrogens is 570 g/mol. The number of aromatic nitrogens is 1. The van der Waals surface area contributed by atoms with E-state index in [1.807, 2.05) is 18.2 Å². The molecule has 2 aromatic carbocycles. The topological polar surface area (TPSA) is 120 Å². The van der Waals surface area contributed by atoms with Gasteiger partial charge in [-0.15, -0.1) is 6.58 Å². The summed E-state index contributed by atoms with van der Waals surface area (Å²) in [5.41, 5.74) is 2.28. The molecule has 2 aliphatic rings. The number of benzene rings is 2. The minimum absolute atomic E-state index is 0.0512. The lowest BCUT2D eigenvalue weighted by Gasteiger charge is -2.24. The summed E-state index contributed by atoms with van der Waals surface area (Å²) in [5, 5.41) is 0. The van der Waals surface area contributed by atoms with Crippen molar-refractivity contribution >= 4 is 40.4 Å². The number of esters is 2. The maximum Gasteiger partial charge on any atom is 0.379 e. The number of amides is 1. The molecule has 10 nitrogen and oxygen atoms in total. The van der Waals surface area contributed by atoms with Gasteiger partial charge in [-0.2, -0.15) is 0 Å². The Kier molecular flexibility index (Phi) is 7.24. The highest BCUT2D eigenvalue weighted by Crippen LogP contribution is 2.36. The summed E-state index contributed by atoms with van der Waals surface area (Å²) < 4.78 is 17.5. The monoisotopic (exact) mass is 595 g/mol. The molecule has 2 aliphatic heterocycles. The number of anilines is 1. The third kappa shape index (κ3) is 4.73. The van der Waals surface area contributed by atoms with Crippen LogP contribution in [-0.4, -0.2) is 35.6 Å². The van der Waals surface area contributed by atoms with Gasteiger partial charge < -0.3 is 18.8 Å². The average Bonchev–Trinajstić information content (AvgIpc) is 3.71. The molecule has 11 heteroatoms. The van der Waals surface area contributed by atoms with Crippen LogP contribution in [0.5, 0.6) is 5.75 Å². The predicted molar refractivity (Wildman–Crippen MR) is 158 cm³/mol. The summed E-state index contributed by atoms with van der Waals surface area (Å²) in [6, 6.07) is 15.9. The van der Waals surface area contributed by atoms with E-state index in [9.17, 15) is 19.2 Å². The molecule has 2 aromatic heterocycles. The number of allylic oxidation sites excluding steroid dienone is 1. The van der Waals surface area contributed by atoms with Crippen molar-refractivity contribution in [2.24, 2.45) is 4.99 Å². The smallest absolute Gasteiger partial charge is 0.379 e. The van der Waals surface area contributed by atoms with Crippen molar-refractivity contribution in [3.63, 3.8) is 0 Å². The fraction of sp³-hybridized carbons (Fsp3) is 0.156. The third-order valence-corrected chi connectivity index (χ3v) is 8.14. The van der Waals surface area contributed by atoms with Crippen molar-refractivity contribution in [2.45, 2.75) is 19.9 Å². The number of carbonyl (C=O) groups is 3. The number of carbonyl (C=O) groups excluding carboxylic acids is 3. The molecule has 1 amide bonds. The number of thiazole rings is 1. The summed E-state index contributed by atoms with van der Waals surface area (Å²) >= 11 is 1.09. The van der Waals surface area contributed by atoms with Crippen LogP contribution in [0.25, 0.3) is 5.57 Å². The van der Waals surface area contributed by atoms with Crippen molar-refractivity contribution in [1.82, 2.24) is 4.57 Å². The first-order valence-electron chi connectivity index (χ1n) is 13.4. The van der Waals surface area contributed by atoms with Crippen LogP contribution in [0, 0.1) is 0 Å². The minimum atomic E-state index is -0.907. The zero-order chi connectivity index (χ0) is 30.2. The molecule has 0 saturated carbocycles. The first-order valence-corrected chi connectivity index (χ1v) is 14.3. The molecule has 4 heterocycles. The largest absolute Gasteiger partial charge is 0.463 e. The molecule has 0 aliphatic carbocycles. The van der Waals surface area contributed by atoms with Crippen LogP contribution in [0.4, 0.5) is 5.69 Å². The molecule has 0 N–H and O–H groups in total. The van der Waals surface area contributed by atoms with Crippen molar-refractivity contribution in [3.8, 4) is 5.75 Å². The Hall–Kier alpha value is -5.29. The number of hydrogen-bond donors (Lipinski definition) is 0. The van der Waals surface area contributed by atoms with Crippen LogP contribution in [0.1, 0.15) is 41.6 Å². The van der Waals surface area contributed by atoms with Gasteiger partial charge in [-0.3, -0.25) is 14.2 Å². The fourth-order valence-corrected chi connectivity index (χ4v) is 6.37. The lowest BCUT2D eigenvalue weighted by Crippen LogP contribution is -2.41. The van der Waals surface area contributed by atoms with Gasteiger partial charge in [0.1, 0.15) is 10.3 Å². The fourth-order valence-electron chi connectivity index (χ4n) is 5.24. The molecule has 0 bridgehead atoms. The van der Waals surface area contributed by atoms with Crippen LogP contribution < -0.4 is 24.5 Å². The molecule has 0 spiro atoms. The van der Waals surface area contributed by atoms with Gasteiger partial charge in [0.25, 0.3) is 11.5 Å². The molecule has 0 fully saturated rings. The molecule has 1 atom stereocenters. The number of para-hydroxylation sites is 1. The van der Waals surface area contributed by atoms with Crippen molar-refractivity contribution in [2.75, 3.05) is 18.1 Å². The van der Waals surface area contributed by atoms with Gasteiger partial charge in [-0.05, 0) is 49.7 Å². The Morgan fingerprint density at radius 2 is 1.84 bits per heavy atom. The number of fused-ring (bicyclic) bond motifs is 2. The maximum absolute atomic E-state index is 14.2. The van der Waals surface area contributed by atoms with Crippen LogP contribution in [-0.2, 0) is 14.3 Å². The number of ether oxygens (including phenoxy) is 2. The van der Waals surface area contributed by atoms with E-state index in [1.165, 1.54) is 16.9 Å². The van der Waals surface area contributed by atoms with Crippen LogP contribution >= 0.6 is 11.3 Å². The SMILES string of the molecule is C=CCN1C(=O)/C(=c2\sc3n(c2=O)[C@@H](c2ccc(OC(=O)c4ccco4)cc2)C(C(=O)OCC)=C(C)N=3)c2ccccc21. The Balaban J connectivity index is 1.51. The highest BCUT2D eigenvalue weighted by atomic mass is 32.1. The Labute approximate surface area is 249 Å². The van der Waals surface area contributed by atoms with Gasteiger partial charge in [0.05, 0.1) is 41.4 Å². The van der Waals surface area contributed by atoms with Crippen LogP contribution in [0.15, 0.2) is 105 Å². The minimum Gasteiger partial charge on any atom is -0.463 e. The first-order chi connectivity index (χ1) is 20.8. The number of furan rings is 1. The third-order valence-electron chi connectivity index (χ3n) is 7.08. The van der Waals surface area contributed by atoms with E-state index in [0.29, 0.717) is 27.3 Å². The van der Waals surface area contributed by atoms with E-state index < -0.39 is 23.5 Å². The van der Waals surface area contributed by atoms with E-state index in [4.69, 9.17) is 13.9 Å². The van der Waals surface area contributed by atoms with Crippen LogP contribution in [0.2, 0.25) is 0 Å². The van der Waals surface area contributed by atoms with Crippen LogP contribution in [0.3, 0.4) is 0 Å². The second-order valence-electron chi connectivity index (χ2n) is 9.66. The highest BCUT2D eigenvalue weighted by molar-refractivity contribution is 7.07. The van der Waals surface area contributed by atoms with E-state index in [1.54, 1.807) is 61.2 Å². The zero-order valence-electron chi connectivity index (χ0n) is 23.2. The summed E-state index contributed by atoms with van der Waals surface area (Å²) in [6.07, 6.45) is 3.00. The molecule has 6 rings (SSSR count). The van der Waals surface area contributed by atoms with Gasteiger partial charge in [0.15, 0.2) is 4.80 Å². The molecule has 0 saturated heterocycles. The number of rotatable bonds is 7. The first kappa shape index (κ1) is 27.9. The number of hydrogen-bond acceptors (Lipinski definition) is 9. The second-order valence-corrected chi connectivity index (χ2v) is 10.6. The summed E-state index contributed by atoms with van der Waals surface area (Å²) in [5.74, 6) is -1.29. The quantitative estimate of drug-likeness (QED) is 0.182. The van der Waals surface area contributed by atoms with Gasteiger partial charge in [-0.25, -0.2) is 14.6 Å². The van der Waals surface area contributed by atoms with E-state index in [2.05, 4.69) is 11.6 Å². The van der Waals surface area contributed by atoms with Crippen molar-refractivity contribution in [1.29, 1.82) is 0 Å². The molecule has 0 radical (unpaired) electrons. The lowest BCUT2D eigenvalue weighted by molar-refractivity contribution is -0.139. The molecule has 43 heavy (non-hydrogen) atoms. The summed E-state index contributed by atoms with van der Waals surface area (Å²) in [7, 11) is 0. The van der Waals surface area contributed by atoms with Gasteiger partial charge in [-0.1, -0.05) is 47.7 Å². The Bertz CT molecular complexity index is 2000. The maximum atomic E-state index is 14.2. The molecule has 4 aromatic rings. The highest BCUT2D eigenvalue weighted by Gasteiger charge is 2.37. The molecular formula is C32H25N3O7S. The Morgan fingerprint density at radius 1 is 1.07 bits per heavy atom.